The van der Waals surface area contributed by atoms with Crippen LogP contribution in [0.1, 0.15) is 87.1 Å². The van der Waals surface area contributed by atoms with E-state index in [9.17, 15) is 14.4 Å². The van der Waals surface area contributed by atoms with E-state index in [1.807, 2.05) is 52.5 Å². The number of ether oxygens (including phenoxy) is 4. The first-order chi connectivity index (χ1) is 22.8. The van der Waals surface area contributed by atoms with E-state index in [0.29, 0.717) is 81.3 Å². The highest BCUT2D eigenvalue weighted by atomic mass is 19.1. The normalized spacial score (nSPS) is 17.0. The first kappa shape index (κ1) is 37.1. The Morgan fingerprint density at radius 3 is 2.40 bits per heavy atom. The van der Waals surface area contributed by atoms with E-state index < -0.39 is 11.4 Å². The van der Waals surface area contributed by atoms with Crippen molar-refractivity contribution < 1.29 is 37.7 Å². The predicted octanol–water partition coefficient (Wildman–Crippen LogP) is 6.19. The second-order valence-corrected chi connectivity index (χ2v) is 13.7. The number of amides is 3. The Labute approximate surface area is 284 Å². The molecule has 48 heavy (non-hydrogen) atoms. The number of carbonyl (C=O) groups excluding carboxylic acids is 3. The third-order valence-electron chi connectivity index (χ3n) is 8.60. The first-order valence-electron chi connectivity index (χ1n) is 17.1. The largest absolute Gasteiger partial charge is 0.493 e. The number of carbonyl (C=O) groups is 3. The molecule has 0 saturated carbocycles. The number of morpholine rings is 1. The van der Waals surface area contributed by atoms with Crippen LogP contribution in [-0.2, 0) is 20.6 Å². The smallest absolute Gasteiger partial charge is 0.410 e. The van der Waals surface area contributed by atoms with Gasteiger partial charge in [-0.15, -0.1) is 0 Å². The van der Waals surface area contributed by atoms with Crippen molar-refractivity contribution in [1.29, 1.82) is 0 Å². The summed E-state index contributed by atoms with van der Waals surface area (Å²) in [5.74, 6) is -0.512. The Kier molecular flexibility index (Phi) is 12.8. The van der Waals surface area contributed by atoms with Crippen LogP contribution in [0, 0.1) is 5.82 Å². The summed E-state index contributed by atoms with van der Waals surface area (Å²) in [4.78, 5) is 46.0. The molecule has 0 spiro atoms. The predicted molar refractivity (Wildman–Crippen MR) is 182 cm³/mol. The van der Waals surface area contributed by atoms with Crippen LogP contribution in [0.15, 0.2) is 30.3 Å². The number of nitrogens with zero attached hydrogens (tertiary/aromatic N) is 3. The summed E-state index contributed by atoms with van der Waals surface area (Å²) in [6, 6.07) is 7.53. The Morgan fingerprint density at radius 1 is 1.02 bits per heavy atom. The van der Waals surface area contributed by atoms with Crippen LogP contribution < -0.4 is 4.74 Å². The zero-order valence-electron chi connectivity index (χ0n) is 29.6. The molecule has 0 radical (unpaired) electrons. The van der Waals surface area contributed by atoms with Crippen LogP contribution in [0.2, 0.25) is 0 Å². The SMILES string of the molecule is CCc1cc(-c2cc(C(=O)N3CCOCC3)ccc2F)c(OCCCOC)cc1C(=O)N(C(C)C)C1CCCN(C(=O)OC(C)(C)C)C1. The van der Waals surface area contributed by atoms with Gasteiger partial charge in [-0.3, -0.25) is 9.59 Å². The topological polar surface area (TPSA) is 97.8 Å². The Hall–Kier alpha value is -3.70. The molecule has 1 unspecified atom stereocenters. The van der Waals surface area contributed by atoms with Gasteiger partial charge in [0.05, 0.1) is 25.9 Å². The summed E-state index contributed by atoms with van der Waals surface area (Å²) in [7, 11) is 1.61. The minimum atomic E-state index is -0.621. The third kappa shape index (κ3) is 9.25. The van der Waals surface area contributed by atoms with Crippen molar-refractivity contribution in [3.05, 3.63) is 52.8 Å². The number of methoxy groups -OCH3 is 1. The van der Waals surface area contributed by atoms with Crippen molar-refractivity contribution in [3.8, 4) is 16.9 Å². The van der Waals surface area contributed by atoms with Gasteiger partial charge in [-0.25, -0.2) is 9.18 Å². The molecule has 1 atom stereocenters. The van der Waals surface area contributed by atoms with E-state index in [4.69, 9.17) is 18.9 Å². The van der Waals surface area contributed by atoms with Gasteiger partial charge in [-0.1, -0.05) is 6.92 Å². The molecule has 2 aliphatic rings. The van der Waals surface area contributed by atoms with Crippen LogP contribution in [0.5, 0.6) is 5.75 Å². The van der Waals surface area contributed by atoms with E-state index in [1.54, 1.807) is 29.0 Å². The van der Waals surface area contributed by atoms with Crippen LogP contribution >= 0.6 is 0 Å². The summed E-state index contributed by atoms with van der Waals surface area (Å²) < 4.78 is 38.1. The molecule has 11 heteroatoms. The minimum absolute atomic E-state index is 0.156. The zero-order valence-corrected chi connectivity index (χ0v) is 29.6. The maximum atomic E-state index is 15.6. The van der Waals surface area contributed by atoms with Gasteiger partial charge >= 0.3 is 6.09 Å². The molecule has 2 saturated heterocycles. The number of piperidine rings is 1. The lowest BCUT2D eigenvalue weighted by Gasteiger charge is -2.42. The lowest BCUT2D eigenvalue weighted by Crippen LogP contribution is -2.54. The minimum Gasteiger partial charge on any atom is -0.493 e. The van der Waals surface area contributed by atoms with Gasteiger partial charge in [0.1, 0.15) is 17.2 Å². The maximum Gasteiger partial charge on any atom is 0.410 e. The first-order valence-corrected chi connectivity index (χ1v) is 17.1. The van der Waals surface area contributed by atoms with Gasteiger partial charge in [0.2, 0.25) is 0 Å². The molecule has 0 bridgehead atoms. The van der Waals surface area contributed by atoms with Crippen molar-refractivity contribution in [3.63, 3.8) is 0 Å². The van der Waals surface area contributed by atoms with Crippen LogP contribution in [-0.4, -0.2) is 110 Å². The Bertz CT molecular complexity index is 1430. The second kappa shape index (κ2) is 16.6. The molecule has 2 fully saturated rings. The number of hydrogen-bond donors (Lipinski definition) is 0. The molecule has 2 aromatic rings. The van der Waals surface area contributed by atoms with Gasteiger partial charge in [-0.05, 0) is 89.8 Å². The number of rotatable bonds is 11. The molecule has 0 aliphatic carbocycles. The molecule has 264 valence electrons. The number of aryl methyl sites for hydroxylation is 1. The molecular weight excluding hydrogens is 617 g/mol. The Balaban J connectivity index is 1.72. The average molecular weight is 670 g/mol. The van der Waals surface area contributed by atoms with Gasteiger partial charge in [0, 0.05) is 74.6 Å². The maximum absolute atomic E-state index is 15.6. The summed E-state index contributed by atoms with van der Waals surface area (Å²) in [6.45, 7) is 15.0. The van der Waals surface area contributed by atoms with E-state index in [0.717, 1.165) is 18.4 Å². The molecule has 2 heterocycles. The summed E-state index contributed by atoms with van der Waals surface area (Å²) >= 11 is 0. The fourth-order valence-corrected chi connectivity index (χ4v) is 6.28. The van der Waals surface area contributed by atoms with E-state index in [-0.39, 0.29) is 42.2 Å². The van der Waals surface area contributed by atoms with E-state index in [1.165, 1.54) is 12.1 Å². The van der Waals surface area contributed by atoms with Gasteiger partial charge < -0.3 is 33.6 Å². The molecule has 2 aromatic carbocycles. The van der Waals surface area contributed by atoms with E-state index in [2.05, 4.69) is 0 Å². The number of halogens is 1. The highest BCUT2D eigenvalue weighted by Crippen LogP contribution is 2.37. The van der Waals surface area contributed by atoms with Gasteiger partial charge in [0.15, 0.2) is 0 Å². The zero-order chi connectivity index (χ0) is 35.0. The standard InChI is InChI=1S/C37H52FN3O7/c1-8-26-21-31(30-22-27(12-13-32(30)38)34(42)39-15-19-46-20-16-39)33(47-18-10-17-45-7)23-29(26)35(43)41(25(2)3)28-11-9-14-40(24-28)36(44)48-37(4,5)6/h12-13,21-23,25,28H,8-11,14-20,24H2,1-7H3. The summed E-state index contributed by atoms with van der Waals surface area (Å²) in [6.07, 6.45) is 2.20. The number of likely N-dealkylation sites (tertiary alicyclic amines) is 1. The highest BCUT2D eigenvalue weighted by molar-refractivity contribution is 5.99. The Morgan fingerprint density at radius 2 is 1.75 bits per heavy atom. The molecule has 0 N–H and O–H groups in total. The molecule has 4 rings (SSSR count). The van der Waals surface area contributed by atoms with Gasteiger partial charge in [0.25, 0.3) is 11.8 Å². The van der Waals surface area contributed by atoms with E-state index >= 15 is 4.39 Å². The fourth-order valence-electron chi connectivity index (χ4n) is 6.28. The van der Waals surface area contributed by atoms with Crippen molar-refractivity contribution in [2.24, 2.45) is 0 Å². The average Bonchev–Trinajstić information content (AvgIpc) is 3.06. The van der Waals surface area contributed by atoms with Crippen molar-refractivity contribution in [2.75, 3.05) is 59.7 Å². The molecule has 3 amide bonds. The molecule has 0 aromatic heterocycles. The number of hydrogen-bond acceptors (Lipinski definition) is 7. The highest BCUT2D eigenvalue weighted by Gasteiger charge is 2.35. The molecule has 10 nitrogen and oxygen atoms in total. The quantitative estimate of drug-likeness (QED) is 0.263. The van der Waals surface area contributed by atoms with Crippen molar-refractivity contribution in [2.45, 2.75) is 84.9 Å². The van der Waals surface area contributed by atoms with Crippen LogP contribution in [0.3, 0.4) is 0 Å². The van der Waals surface area contributed by atoms with Crippen molar-refractivity contribution >= 4 is 17.9 Å². The van der Waals surface area contributed by atoms with Crippen LogP contribution in [0.25, 0.3) is 11.1 Å². The summed E-state index contributed by atoms with van der Waals surface area (Å²) in [5.41, 5.74) is 1.64. The van der Waals surface area contributed by atoms with Gasteiger partial charge in [-0.2, -0.15) is 0 Å². The lowest BCUT2D eigenvalue weighted by atomic mass is 9.93. The second-order valence-electron chi connectivity index (χ2n) is 13.7. The number of benzene rings is 2. The third-order valence-corrected chi connectivity index (χ3v) is 8.60. The summed E-state index contributed by atoms with van der Waals surface area (Å²) in [5, 5.41) is 0. The van der Waals surface area contributed by atoms with Crippen LogP contribution in [0.4, 0.5) is 9.18 Å². The monoisotopic (exact) mass is 669 g/mol. The molecular formula is C37H52FN3O7. The molecule has 2 aliphatic heterocycles. The fraction of sp³-hybridized carbons (Fsp3) is 0.595. The lowest BCUT2D eigenvalue weighted by molar-refractivity contribution is 0.00749. The van der Waals surface area contributed by atoms with Crippen molar-refractivity contribution in [1.82, 2.24) is 14.7 Å².